The maximum Gasteiger partial charge on any atom is 0.254 e. The lowest BCUT2D eigenvalue weighted by molar-refractivity contribution is 0.0728. The van der Waals surface area contributed by atoms with Crippen LogP contribution in [0.1, 0.15) is 35.2 Å². The van der Waals surface area contributed by atoms with Crippen LogP contribution in [0.25, 0.3) is 11.5 Å². The average Bonchev–Trinajstić information content (AvgIpc) is 3.17. The Morgan fingerprint density at radius 3 is 2.57 bits per heavy atom. The first-order valence-electron chi connectivity index (χ1n) is 9.06. The van der Waals surface area contributed by atoms with Crippen molar-refractivity contribution in [3.05, 3.63) is 70.6 Å². The lowest BCUT2D eigenvalue weighted by atomic mass is 10.1. The van der Waals surface area contributed by atoms with E-state index in [1.54, 1.807) is 18.1 Å². The second-order valence-corrected chi connectivity index (χ2v) is 6.74. The third kappa shape index (κ3) is 4.77. The molecule has 1 aromatic heterocycles. The van der Waals surface area contributed by atoms with Crippen LogP contribution in [-0.4, -0.2) is 34.7 Å². The highest BCUT2D eigenvalue weighted by Gasteiger charge is 2.19. The molecule has 0 radical (unpaired) electrons. The van der Waals surface area contributed by atoms with Crippen LogP contribution in [0.3, 0.4) is 0 Å². The number of ether oxygens (including phenoxy) is 1. The Morgan fingerprint density at radius 1 is 1.14 bits per heavy atom. The van der Waals surface area contributed by atoms with Crippen LogP contribution in [0.4, 0.5) is 0 Å². The van der Waals surface area contributed by atoms with Crippen LogP contribution in [0.5, 0.6) is 0 Å². The number of methoxy groups -OCH3 is 1. The van der Waals surface area contributed by atoms with Crippen LogP contribution < -0.4 is 0 Å². The Hall–Kier alpha value is -2.70. The highest BCUT2D eigenvalue weighted by Crippen LogP contribution is 2.26. The molecule has 0 aliphatic carbocycles. The summed E-state index contributed by atoms with van der Waals surface area (Å²) in [6, 6.07) is 14.7. The Labute approximate surface area is 169 Å². The third-order valence-corrected chi connectivity index (χ3v) is 4.52. The number of hydrogen-bond acceptors (Lipinski definition) is 5. The summed E-state index contributed by atoms with van der Waals surface area (Å²) in [5, 5.41) is 8.69. The normalized spacial score (nSPS) is 10.8. The van der Waals surface area contributed by atoms with Crippen molar-refractivity contribution in [3.8, 4) is 11.5 Å². The van der Waals surface area contributed by atoms with Gasteiger partial charge in [0.15, 0.2) is 0 Å². The molecule has 7 heteroatoms. The number of nitrogens with zero attached hydrogens (tertiary/aromatic N) is 3. The summed E-state index contributed by atoms with van der Waals surface area (Å²) in [5.41, 5.74) is 2.30. The highest BCUT2D eigenvalue weighted by atomic mass is 35.5. The average molecular weight is 400 g/mol. The lowest BCUT2D eigenvalue weighted by Gasteiger charge is -2.20. The first kappa shape index (κ1) is 20.0. The minimum absolute atomic E-state index is 0.0803. The number of benzene rings is 2. The van der Waals surface area contributed by atoms with E-state index in [9.17, 15) is 4.79 Å². The molecule has 3 rings (SSSR count). The van der Waals surface area contributed by atoms with Crippen molar-refractivity contribution in [2.24, 2.45) is 0 Å². The molecule has 0 aliphatic rings. The van der Waals surface area contributed by atoms with Crippen molar-refractivity contribution in [3.63, 3.8) is 0 Å². The summed E-state index contributed by atoms with van der Waals surface area (Å²) in [5.74, 6) is 0.629. The molecule has 0 N–H and O–H groups in total. The highest BCUT2D eigenvalue weighted by molar-refractivity contribution is 6.33. The van der Waals surface area contributed by atoms with E-state index < -0.39 is 0 Å². The summed E-state index contributed by atoms with van der Waals surface area (Å²) >= 11 is 6.19. The number of rotatable bonds is 8. The van der Waals surface area contributed by atoms with Gasteiger partial charge < -0.3 is 14.1 Å². The maximum absolute atomic E-state index is 12.9. The fourth-order valence-corrected chi connectivity index (χ4v) is 3.06. The van der Waals surface area contributed by atoms with Gasteiger partial charge in [-0.15, -0.1) is 10.2 Å². The van der Waals surface area contributed by atoms with Gasteiger partial charge in [-0.1, -0.05) is 42.8 Å². The molecule has 146 valence electrons. The van der Waals surface area contributed by atoms with Crippen LogP contribution in [0, 0.1) is 0 Å². The van der Waals surface area contributed by atoms with E-state index in [-0.39, 0.29) is 12.5 Å². The van der Waals surface area contributed by atoms with Gasteiger partial charge in [-0.2, -0.15) is 0 Å². The van der Waals surface area contributed by atoms with E-state index in [0.717, 1.165) is 12.0 Å². The Morgan fingerprint density at radius 2 is 1.89 bits per heavy atom. The molecule has 3 aromatic rings. The molecule has 0 fully saturated rings. The monoisotopic (exact) mass is 399 g/mol. The van der Waals surface area contributed by atoms with E-state index in [1.165, 1.54) is 0 Å². The van der Waals surface area contributed by atoms with Crippen molar-refractivity contribution >= 4 is 17.5 Å². The first-order chi connectivity index (χ1) is 13.6. The molecule has 28 heavy (non-hydrogen) atoms. The summed E-state index contributed by atoms with van der Waals surface area (Å²) in [6.45, 7) is 3.36. The fourth-order valence-electron chi connectivity index (χ4n) is 2.84. The van der Waals surface area contributed by atoms with Crippen LogP contribution in [0.2, 0.25) is 5.02 Å². The topological polar surface area (TPSA) is 68.5 Å². The molecule has 0 aliphatic heterocycles. The zero-order chi connectivity index (χ0) is 19.9. The number of carbonyl (C=O) groups excluding carboxylic acids is 1. The third-order valence-electron chi connectivity index (χ3n) is 4.19. The van der Waals surface area contributed by atoms with Crippen LogP contribution in [0.15, 0.2) is 52.9 Å². The fraction of sp³-hybridized carbons (Fsp3) is 0.286. The number of hydrogen-bond donors (Lipinski definition) is 0. The smallest absolute Gasteiger partial charge is 0.254 e. The Balaban J connectivity index is 1.76. The van der Waals surface area contributed by atoms with Gasteiger partial charge in [0.05, 0.1) is 23.7 Å². The molecular weight excluding hydrogens is 378 g/mol. The van der Waals surface area contributed by atoms with E-state index >= 15 is 0 Å². The molecule has 6 nitrogen and oxygen atoms in total. The van der Waals surface area contributed by atoms with Gasteiger partial charge in [-0.3, -0.25) is 4.79 Å². The lowest BCUT2D eigenvalue weighted by Crippen LogP contribution is -2.31. The molecule has 2 aromatic carbocycles. The summed E-state index contributed by atoms with van der Waals surface area (Å²) in [4.78, 5) is 14.6. The van der Waals surface area contributed by atoms with Gasteiger partial charge in [-0.25, -0.2) is 0 Å². The predicted octanol–water partition coefficient (Wildman–Crippen LogP) is 4.59. The van der Waals surface area contributed by atoms with Gasteiger partial charge in [0.25, 0.3) is 5.91 Å². The summed E-state index contributed by atoms with van der Waals surface area (Å²) < 4.78 is 10.9. The zero-order valence-corrected chi connectivity index (χ0v) is 16.6. The molecule has 0 atom stereocenters. The molecular formula is C21H22ClN3O3. The van der Waals surface area contributed by atoms with Crippen LogP contribution in [-0.2, 0) is 17.9 Å². The number of aromatic nitrogens is 2. The SMILES string of the molecule is CCCN(Cc1nnc(-c2ccccc2Cl)o1)C(=O)c1ccc(COC)cc1. The summed E-state index contributed by atoms with van der Waals surface area (Å²) in [6.07, 6.45) is 0.818. The summed E-state index contributed by atoms with van der Waals surface area (Å²) in [7, 11) is 1.64. The number of amides is 1. The number of carbonyl (C=O) groups is 1. The predicted molar refractivity (Wildman–Crippen MR) is 107 cm³/mol. The van der Waals surface area contributed by atoms with Crippen LogP contribution >= 0.6 is 11.6 Å². The van der Waals surface area contributed by atoms with Crippen molar-refractivity contribution in [1.82, 2.24) is 15.1 Å². The standard InChI is InChI=1S/C21H22ClN3O3/c1-3-12-25(21(26)16-10-8-15(9-11-16)14-27-2)13-19-23-24-20(28-19)17-6-4-5-7-18(17)22/h4-11H,3,12-14H2,1-2H3. The molecule has 0 saturated heterocycles. The van der Waals surface area contributed by atoms with E-state index in [2.05, 4.69) is 10.2 Å². The van der Waals surface area contributed by atoms with Crippen molar-refractivity contribution in [2.75, 3.05) is 13.7 Å². The minimum atomic E-state index is -0.0803. The number of halogens is 1. The van der Waals surface area contributed by atoms with E-state index in [0.29, 0.717) is 41.1 Å². The van der Waals surface area contributed by atoms with Gasteiger partial charge in [0.2, 0.25) is 11.8 Å². The second kappa shape index (κ2) is 9.48. The quantitative estimate of drug-likeness (QED) is 0.554. The molecule has 1 heterocycles. The molecule has 0 spiro atoms. The maximum atomic E-state index is 12.9. The molecule has 1 amide bonds. The zero-order valence-electron chi connectivity index (χ0n) is 15.9. The first-order valence-corrected chi connectivity index (χ1v) is 9.44. The molecule has 0 saturated carbocycles. The molecule has 0 unspecified atom stereocenters. The van der Waals surface area contributed by atoms with E-state index in [1.807, 2.05) is 49.4 Å². The second-order valence-electron chi connectivity index (χ2n) is 6.34. The van der Waals surface area contributed by atoms with Crippen molar-refractivity contribution < 1.29 is 13.9 Å². The Kier molecular flexibility index (Phi) is 6.79. The van der Waals surface area contributed by atoms with Gasteiger partial charge in [0, 0.05) is 19.2 Å². The van der Waals surface area contributed by atoms with Crippen molar-refractivity contribution in [1.29, 1.82) is 0 Å². The van der Waals surface area contributed by atoms with Gasteiger partial charge >= 0.3 is 0 Å². The van der Waals surface area contributed by atoms with Gasteiger partial charge in [-0.05, 0) is 36.2 Å². The van der Waals surface area contributed by atoms with Gasteiger partial charge in [0.1, 0.15) is 0 Å². The van der Waals surface area contributed by atoms with E-state index in [4.69, 9.17) is 20.8 Å². The minimum Gasteiger partial charge on any atom is -0.419 e. The largest absolute Gasteiger partial charge is 0.419 e. The molecule has 0 bridgehead atoms. The Bertz CT molecular complexity index is 925. The van der Waals surface area contributed by atoms with Crippen molar-refractivity contribution in [2.45, 2.75) is 26.5 Å².